The molecule has 6 heteroatoms. The zero-order valence-electron chi connectivity index (χ0n) is 22.1. The van der Waals surface area contributed by atoms with Gasteiger partial charge in [-0.3, -0.25) is 4.79 Å². The number of para-hydroxylation sites is 1. The van der Waals surface area contributed by atoms with Crippen molar-refractivity contribution in [2.24, 2.45) is 5.10 Å². The lowest BCUT2D eigenvalue weighted by Gasteiger charge is -2.37. The zero-order valence-corrected chi connectivity index (χ0v) is 22.1. The summed E-state index contributed by atoms with van der Waals surface area (Å²) < 4.78 is 6.21. The van der Waals surface area contributed by atoms with Crippen molar-refractivity contribution in [3.05, 3.63) is 101 Å². The van der Waals surface area contributed by atoms with E-state index in [4.69, 9.17) is 15.1 Å². The van der Waals surface area contributed by atoms with Crippen molar-refractivity contribution < 1.29 is 9.53 Å². The number of unbranched alkanes of at least 4 members (excludes halogenated alkanes) is 1. The lowest BCUT2D eigenvalue weighted by molar-refractivity contribution is -0.00455. The van der Waals surface area contributed by atoms with Gasteiger partial charge < -0.3 is 9.64 Å². The van der Waals surface area contributed by atoms with E-state index in [2.05, 4.69) is 55.1 Å². The van der Waals surface area contributed by atoms with Crippen molar-refractivity contribution in [2.45, 2.75) is 51.8 Å². The molecule has 2 aliphatic heterocycles. The molecule has 38 heavy (non-hydrogen) atoms. The number of aryl methyl sites for hydroxylation is 1. The van der Waals surface area contributed by atoms with Crippen molar-refractivity contribution >= 4 is 11.5 Å². The Bertz CT molecular complexity index is 1340. The molecule has 2 heterocycles. The topological polar surface area (TPSA) is 68.9 Å². The molecule has 0 saturated carbocycles. The van der Waals surface area contributed by atoms with Gasteiger partial charge >= 0.3 is 0 Å². The van der Waals surface area contributed by atoms with E-state index in [1.807, 2.05) is 23.2 Å². The number of Topliss-reactive ketones (excluding diaryl/α,β-unsaturated/α-hetero) is 1. The molecule has 0 fully saturated rings. The maximum Gasteiger partial charge on any atom is 0.251 e. The van der Waals surface area contributed by atoms with E-state index in [-0.39, 0.29) is 11.8 Å². The summed E-state index contributed by atoms with van der Waals surface area (Å²) in [5.41, 5.74) is 5.44. The second kappa shape index (κ2) is 11.6. The molecule has 0 aromatic heterocycles. The van der Waals surface area contributed by atoms with Gasteiger partial charge in [0.2, 0.25) is 5.78 Å². The number of nitrogens with zero attached hydrogens (tertiary/aromatic N) is 4. The number of nitriles is 1. The first-order valence-electron chi connectivity index (χ1n) is 13.6. The largest absolute Gasteiger partial charge is 0.461 e. The molecule has 0 bridgehead atoms. The summed E-state index contributed by atoms with van der Waals surface area (Å²) in [6.07, 6.45) is 3.32. The molecular weight excluding hydrogens is 472 g/mol. The Morgan fingerprint density at radius 2 is 1.76 bits per heavy atom. The highest BCUT2D eigenvalue weighted by atomic mass is 16.5. The van der Waals surface area contributed by atoms with E-state index < -0.39 is 6.23 Å². The summed E-state index contributed by atoms with van der Waals surface area (Å²) in [5, 5.41) is 15.9. The van der Waals surface area contributed by atoms with E-state index in [9.17, 15) is 4.79 Å². The lowest BCUT2D eigenvalue weighted by atomic mass is 9.95. The van der Waals surface area contributed by atoms with Crippen molar-refractivity contribution in [1.29, 1.82) is 5.26 Å². The Morgan fingerprint density at radius 3 is 2.47 bits per heavy atom. The number of ether oxygens (including phenoxy) is 1. The third-order valence-electron chi connectivity index (χ3n) is 7.59. The molecule has 0 amide bonds. The van der Waals surface area contributed by atoms with Gasteiger partial charge in [0.1, 0.15) is 5.75 Å². The number of hydrazone groups is 1. The number of ketones is 1. The van der Waals surface area contributed by atoms with Gasteiger partial charge in [0.05, 0.1) is 23.4 Å². The Morgan fingerprint density at radius 1 is 1.03 bits per heavy atom. The molecule has 0 N–H and O–H groups in total. The molecule has 0 radical (unpaired) electrons. The van der Waals surface area contributed by atoms with Crippen LogP contribution in [0, 0.1) is 11.3 Å². The smallest absolute Gasteiger partial charge is 0.251 e. The molecule has 2 atom stereocenters. The van der Waals surface area contributed by atoms with E-state index >= 15 is 0 Å². The molecule has 0 saturated heterocycles. The third kappa shape index (κ3) is 5.34. The van der Waals surface area contributed by atoms with E-state index in [0.717, 1.165) is 48.6 Å². The van der Waals surface area contributed by atoms with Crippen LogP contribution < -0.4 is 4.74 Å². The predicted molar refractivity (Wildman–Crippen MR) is 149 cm³/mol. The van der Waals surface area contributed by atoms with Crippen LogP contribution in [-0.2, 0) is 6.42 Å². The van der Waals surface area contributed by atoms with E-state index in [0.29, 0.717) is 17.5 Å². The summed E-state index contributed by atoms with van der Waals surface area (Å²) in [5.74, 6) is 0.552. The van der Waals surface area contributed by atoms with Crippen LogP contribution in [0.5, 0.6) is 5.75 Å². The number of hydrogen-bond donors (Lipinski definition) is 0. The molecule has 194 valence electrons. The minimum absolute atomic E-state index is 0.0676. The van der Waals surface area contributed by atoms with Crippen molar-refractivity contribution in [3.63, 3.8) is 0 Å². The van der Waals surface area contributed by atoms with Gasteiger partial charge in [-0.05, 0) is 80.4 Å². The number of benzene rings is 3. The van der Waals surface area contributed by atoms with Crippen molar-refractivity contribution in [1.82, 2.24) is 9.91 Å². The first-order chi connectivity index (χ1) is 18.6. The molecule has 5 rings (SSSR count). The van der Waals surface area contributed by atoms with Gasteiger partial charge in [-0.15, -0.1) is 0 Å². The molecular formula is C32H34N4O2. The standard InChI is InChI=1S/C32H34N4O2/c1-3-35(4-2)20-8-7-9-23-12-16-25(17-13-23)28-21-29-27-10-5-6-11-30(27)38-32(36(29)34-28)31(37)26-18-14-24(22-33)15-19-26/h5-6,10-19,29,32H,3-4,7-9,20-21H2,1-2H3. The number of fused-ring (bicyclic) bond motifs is 3. The van der Waals surface area contributed by atoms with Crippen LogP contribution in [0.3, 0.4) is 0 Å². The molecule has 6 nitrogen and oxygen atoms in total. The van der Waals surface area contributed by atoms with Gasteiger partial charge in [0.15, 0.2) is 0 Å². The Labute approximate surface area is 225 Å². The van der Waals surface area contributed by atoms with Gasteiger partial charge in [-0.25, -0.2) is 5.01 Å². The summed E-state index contributed by atoms with van der Waals surface area (Å²) in [7, 11) is 0. The average molecular weight is 507 g/mol. The monoisotopic (exact) mass is 506 g/mol. The third-order valence-corrected chi connectivity index (χ3v) is 7.59. The molecule has 2 aliphatic rings. The first kappa shape index (κ1) is 25.7. The SMILES string of the molecule is CCN(CC)CCCCc1ccc(C2=NN3C(C(=O)c4ccc(C#N)cc4)Oc4ccccc4C3C2)cc1. The summed E-state index contributed by atoms with van der Waals surface area (Å²) in [6.45, 7) is 7.82. The van der Waals surface area contributed by atoms with Gasteiger partial charge in [-0.2, -0.15) is 10.4 Å². The highest BCUT2D eigenvalue weighted by Crippen LogP contribution is 2.43. The highest BCUT2D eigenvalue weighted by molar-refractivity contribution is 6.03. The summed E-state index contributed by atoms with van der Waals surface area (Å²) >= 11 is 0. The van der Waals surface area contributed by atoms with Crippen LogP contribution in [0.25, 0.3) is 0 Å². The number of rotatable bonds is 10. The summed E-state index contributed by atoms with van der Waals surface area (Å²) in [4.78, 5) is 16.0. The van der Waals surface area contributed by atoms with Crippen molar-refractivity contribution in [3.8, 4) is 11.8 Å². The highest BCUT2D eigenvalue weighted by Gasteiger charge is 2.43. The van der Waals surface area contributed by atoms with Crippen LogP contribution in [-0.4, -0.2) is 47.3 Å². The van der Waals surface area contributed by atoms with E-state index in [1.54, 1.807) is 24.3 Å². The average Bonchev–Trinajstić information content (AvgIpc) is 3.43. The molecule has 2 unspecified atom stereocenters. The Balaban J connectivity index is 1.33. The maximum absolute atomic E-state index is 13.5. The van der Waals surface area contributed by atoms with Crippen molar-refractivity contribution in [2.75, 3.05) is 19.6 Å². The molecule has 3 aromatic rings. The fraction of sp³-hybridized carbons (Fsp3) is 0.344. The van der Waals surface area contributed by atoms with Crippen LogP contribution in [0.2, 0.25) is 0 Å². The minimum atomic E-state index is -0.856. The quantitative estimate of drug-likeness (QED) is 0.250. The Kier molecular flexibility index (Phi) is 7.86. The van der Waals surface area contributed by atoms with Gasteiger partial charge in [0.25, 0.3) is 6.23 Å². The van der Waals surface area contributed by atoms with Crippen LogP contribution >= 0.6 is 0 Å². The molecule has 0 spiro atoms. The first-order valence-corrected chi connectivity index (χ1v) is 13.6. The number of carbonyl (C=O) groups excluding carboxylic acids is 1. The maximum atomic E-state index is 13.5. The molecule has 3 aromatic carbocycles. The fourth-order valence-electron chi connectivity index (χ4n) is 5.30. The summed E-state index contributed by atoms with van der Waals surface area (Å²) in [6, 6.07) is 25.3. The number of carbonyl (C=O) groups is 1. The van der Waals surface area contributed by atoms with E-state index in [1.165, 1.54) is 18.4 Å². The second-order valence-electron chi connectivity index (χ2n) is 9.89. The zero-order chi connectivity index (χ0) is 26.5. The van der Waals surface area contributed by atoms with Gasteiger partial charge in [-0.1, -0.05) is 56.3 Å². The predicted octanol–water partition coefficient (Wildman–Crippen LogP) is 5.98. The second-order valence-corrected chi connectivity index (χ2v) is 9.89. The van der Waals surface area contributed by atoms with Gasteiger partial charge in [0, 0.05) is 17.5 Å². The fourth-order valence-corrected chi connectivity index (χ4v) is 5.30. The molecule has 0 aliphatic carbocycles. The Hall–Kier alpha value is -3.95. The van der Waals surface area contributed by atoms with Crippen LogP contribution in [0.4, 0.5) is 0 Å². The van der Waals surface area contributed by atoms with Crippen LogP contribution in [0.15, 0.2) is 77.9 Å². The normalized spacial score (nSPS) is 17.8. The number of hydrogen-bond acceptors (Lipinski definition) is 6. The lowest BCUT2D eigenvalue weighted by Crippen LogP contribution is -2.45. The minimum Gasteiger partial charge on any atom is -0.461 e. The van der Waals surface area contributed by atoms with Crippen LogP contribution in [0.1, 0.15) is 71.8 Å².